The van der Waals surface area contributed by atoms with E-state index in [4.69, 9.17) is 5.73 Å². The predicted molar refractivity (Wildman–Crippen MR) is 87.5 cm³/mol. The Labute approximate surface area is 140 Å². The van der Waals surface area contributed by atoms with Crippen LogP contribution in [0.15, 0.2) is 18.2 Å². The molecule has 1 amide bonds. The second kappa shape index (κ2) is 7.98. The largest absolute Gasteiger partial charge is 0.416 e. The number of rotatable bonds is 4. The molecule has 1 aromatic rings. The minimum atomic E-state index is -4.47. The molecule has 7 heteroatoms. The van der Waals surface area contributed by atoms with Crippen molar-refractivity contribution in [1.82, 2.24) is 4.90 Å². The van der Waals surface area contributed by atoms with E-state index in [1.54, 1.807) is 6.92 Å². The average molecular weight is 343 g/mol. The van der Waals surface area contributed by atoms with E-state index in [-0.39, 0.29) is 24.2 Å². The number of nitrogens with zero attached hydrogens (tertiary/aromatic N) is 1. The zero-order valence-electron chi connectivity index (χ0n) is 13.8. The van der Waals surface area contributed by atoms with Gasteiger partial charge in [0.1, 0.15) is 0 Å². The highest BCUT2D eigenvalue weighted by Gasteiger charge is 2.31. The van der Waals surface area contributed by atoms with Crippen molar-refractivity contribution in [2.45, 2.75) is 51.4 Å². The lowest BCUT2D eigenvalue weighted by atomic mass is 10.1. The third-order valence-corrected chi connectivity index (χ3v) is 4.39. The zero-order valence-corrected chi connectivity index (χ0v) is 13.8. The maximum absolute atomic E-state index is 13.0. The minimum absolute atomic E-state index is 0.0194. The lowest BCUT2D eigenvalue weighted by Crippen LogP contribution is -2.42. The molecule has 0 aliphatic carbocycles. The highest BCUT2D eigenvalue weighted by atomic mass is 19.4. The number of hydrogen-bond donors (Lipinski definition) is 2. The molecule has 1 unspecified atom stereocenters. The monoisotopic (exact) mass is 343 g/mol. The van der Waals surface area contributed by atoms with Gasteiger partial charge in [-0.3, -0.25) is 9.69 Å². The molecule has 134 valence electrons. The highest BCUT2D eigenvalue weighted by molar-refractivity contribution is 5.94. The number of benzene rings is 1. The average Bonchev–Trinajstić information content (AvgIpc) is 2.82. The Morgan fingerprint density at radius 2 is 1.83 bits per heavy atom. The summed E-state index contributed by atoms with van der Waals surface area (Å²) in [7, 11) is 0. The van der Waals surface area contributed by atoms with Crippen molar-refractivity contribution in [1.29, 1.82) is 0 Å². The van der Waals surface area contributed by atoms with Crippen LogP contribution in [0.3, 0.4) is 0 Å². The number of hydrogen-bond acceptors (Lipinski definition) is 3. The van der Waals surface area contributed by atoms with E-state index < -0.39 is 11.7 Å². The molecule has 1 saturated heterocycles. The Balaban J connectivity index is 2.12. The van der Waals surface area contributed by atoms with Crippen molar-refractivity contribution < 1.29 is 18.0 Å². The lowest BCUT2D eigenvalue weighted by molar-refractivity contribution is -0.137. The van der Waals surface area contributed by atoms with E-state index in [1.807, 2.05) is 0 Å². The van der Waals surface area contributed by atoms with Crippen LogP contribution in [-0.2, 0) is 17.5 Å². The Kier molecular flexibility index (Phi) is 6.23. The molecule has 24 heavy (non-hydrogen) atoms. The van der Waals surface area contributed by atoms with Gasteiger partial charge in [-0.1, -0.05) is 12.8 Å². The number of anilines is 1. The lowest BCUT2D eigenvalue weighted by Gasteiger charge is -2.26. The first-order valence-electron chi connectivity index (χ1n) is 8.27. The summed E-state index contributed by atoms with van der Waals surface area (Å²) in [5.41, 5.74) is 5.14. The number of likely N-dealkylation sites (tertiary alicyclic amines) is 1. The molecule has 0 spiro atoms. The van der Waals surface area contributed by atoms with Crippen LogP contribution >= 0.6 is 0 Å². The molecule has 1 atom stereocenters. The molecule has 4 nitrogen and oxygen atoms in total. The predicted octanol–water partition coefficient (Wildman–Crippen LogP) is 3.37. The van der Waals surface area contributed by atoms with Crippen LogP contribution in [0.5, 0.6) is 0 Å². The van der Waals surface area contributed by atoms with E-state index in [0.717, 1.165) is 50.9 Å². The molecule has 1 aromatic carbocycles. The first kappa shape index (κ1) is 18.7. The van der Waals surface area contributed by atoms with Gasteiger partial charge < -0.3 is 11.1 Å². The van der Waals surface area contributed by atoms with Crippen LogP contribution in [0.25, 0.3) is 0 Å². The van der Waals surface area contributed by atoms with Crippen LogP contribution in [0, 0.1) is 0 Å². The summed E-state index contributed by atoms with van der Waals surface area (Å²) in [4.78, 5) is 14.5. The molecule has 3 N–H and O–H groups in total. The summed E-state index contributed by atoms with van der Waals surface area (Å²) in [6, 6.07) is 3.07. The molecule has 1 heterocycles. The summed E-state index contributed by atoms with van der Waals surface area (Å²) in [6.45, 7) is 3.45. The van der Waals surface area contributed by atoms with Crippen LogP contribution in [0.2, 0.25) is 0 Å². The van der Waals surface area contributed by atoms with E-state index in [1.165, 1.54) is 6.07 Å². The summed E-state index contributed by atoms with van der Waals surface area (Å²) < 4.78 is 38.9. The molecule has 0 bridgehead atoms. The normalized spacial score (nSPS) is 18.0. The van der Waals surface area contributed by atoms with Crippen LogP contribution < -0.4 is 11.1 Å². The van der Waals surface area contributed by atoms with Crippen molar-refractivity contribution >= 4 is 11.6 Å². The van der Waals surface area contributed by atoms with Gasteiger partial charge in [-0.25, -0.2) is 0 Å². The molecule has 1 fully saturated rings. The van der Waals surface area contributed by atoms with Gasteiger partial charge in [0.2, 0.25) is 5.91 Å². The maximum Gasteiger partial charge on any atom is 0.416 e. The van der Waals surface area contributed by atoms with Crippen molar-refractivity contribution in [2.75, 3.05) is 18.4 Å². The SMILES string of the molecule is CC(C(=O)Nc1cc(CN)cc(C(F)(F)F)c1)N1CCCCCC1. The molecule has 1 aliphatic heterocycles. The van der Waals surface area contributed by atoms with E-state index in [0.29, 0.717) is 5.56 Å². The fourth-order valence-corrected chi connectivity index (χ4v) is 2.94. The Morgan fingerprint density at radius 1 is 1.21 bits per heavy atom. The number of nitrogens with one attached hydrogen (secondary N) is 1. The van der Waals surface area contributed by atoms with Gasteiger partial charge in [0.25, 0.3) is 0 Å². The number of carbonyl (C=O) groups excluding carboxylic acids is 1. The molecule has 0 aromatic heterocycles. The third kappa shape index (κ3) is 4.95. The molecule has 0 saturated carbocycles. The first-order valence-corrected chi connectivity index (χ1v) is 8.27. The molecule has 1 aliphatic rings. The van der Waals surface area contributed by atoms with Gasteiger partial charge in [0.05, 0.1) is 11.6 Å². The van der Waals surface area contributed by atoms with Gasteiger partial charge in [0.15, 0.2) is 0 Å². The minimum Gasteiger partial charge on any atom is -0.326 e. The van der Waals surface area contributed by atoms with E-state index >= 15 is 0 Å². The molecular formula is C17H24F3N3O. The van der Waals surface area contributed by atoms with Gasteiger partial charge in [-0.2, -0.15) is 13.2 Å². The van der Waals surface area contributed by atoms with Crippen molar-refractivity contribution in [3.05, 3.63) is 29.3 Å². The van der Waals surface area contributed by atoms with Crippen LogP contribution in [0.1, 0.15) is 43.7 Å². The van der Waals surface area contributed by atoms with Crippen LogP contribution in [-0.4, -0.2) is 29.9 Å². The van der Waals surface area contributed by atoms with Gasteiger partial charge in [-0.05, 0) is 56.6 Å². The fraction of sp³-hybridized carbons (Fsp3) is 0.588. The summed E-state index contributed by atoms with van der Waals surface area (Å²) in [6.07, 6.45) is -0.0886. The first-order chi connectivity index (χ1) is 11.3. The molecule has 2 rings (SSSR count). The number of halogens is 3. The van der Waals surface area contributed by atoms with Crippen molar-refractivity contribution in [3.63, 3.8) is 0 Å². The van der Waals surface area contributed by atoms with Gasteiger partial charge in [0, 0.05) is 12.2 Å². The topological polar surface area (TPSA) is 58.4 Å². The second-order valence-corrected chi connectivity index (χ2v) is 6.24. The van der Waals surface area contributed by atoms with Gasteiger partial charge >= 0.3 is 6.18 Å². The Morgan fingerprint density at radius 3 is 2.38 bits per heavy atom. The number of amides is 1. The van der Waals surface area contributed by atoms with E-state index in [2.05, 4.69) is 10.2 Å². The highest BCUT2D eigenvalue weighted by Crippen LogP contribution is 2.32. The summed E-state index contributed by atoms with van der Waals surface area (Å²) >= 11 is 0. The smallest absolute Gasteiger partial charge is 0.326 e. The third-order valence-electron chi connectivity index (χ3n) is 4.39. The second-order valence-electron chi connectivity index (χ2n) is 6.24. The summed E-state index contributed by atoms with van der Waals surface area (Å²) in [5, 5.41) is 2.61. The Hall–Kier alpha value is -1.60. The zero-order chi connectivity index (χ0) is 17.7. The fourth-order valence-electron chi connectivity index (χ4n) is 2.94. The van der Waals surface area contributed by atoms with Crippen molar-refractivity contribution in [3.8, 4) is 0 Å². The van der Waals surface area contributed by atoms with Crippen molar-refractivity contribution in [2.24, 2.45) is 5.73 Å². The maximum atomic E-state index is 13.0. The number of carbonyl (C=O) groups is 1. The van der Waals surface area contributed by atoms with Crippen LogP contribution in [0.4, 0.5) is 18.9 Å². The Bertz CT molecular complexity index is 567. The molecule has 0 radical (unpaired) electrons. The number of nitrogens with two attached hydrogens (primary N) is 1. The molecular weight excluding hydrogens is 319 g/mol. The summed E-state index contributed by atoms with van der Waals surface area (Å²) in [5.74, 6) is -0.292. The number of alkyl halides is 3. The standard InChI is InChI=1S/C17H24F3N3O/c1-12(23-6-4-2-3-5-7-23)16(24)22-15-9-13(11-21)8-14(10-15)17(18,19)20/h8-10,12H,2-7,11,21H2,1H3,(H,22,24). The van der Waals surface area contributed by atoms with Gasteiger partial charge in [-0.15, -0.1) is 0 Å². The quantitative estimate of drug-likeness (QED) is 0.881. The van der Waals surface area contributed by atoms with E-state index in [9.17, 15) is 18.0 Å².